The highest BCUT2D eigenvalue weighted by Gasteiger charge is 2.16. The van der Waals surface area contributed by atoms with Gasteiger partial charge in [-0.1, -0.05) is 60.7 Å². The zero-order valence-corrected chi connectivity index (χ0v) is 19.2. The van der Waals surface area contributed by atoms with E-state index in [9.17, 15) is 0 Å². The van der Waals surface area contributed by atoms with Crippen molar-refractivity contribution in [3.8, 4) is 22.3 Å². The Balaban J connectivity index is 1.29. The van der Waals surface area contributed by atoms with Gasteiger partial charge in [-0.25, -0.2) is 0 Å². The first-order chi connectivity index (χ1) is 17.3. The van der Waals surface area contributed by atoms with E-state index >= 15 is 0 Å². The molecule has 0 fully saturated rings. The number of para-hydroxylation sites is 2. The first-order valence-corrected chi connectivity index (χ1v) is 12.2. The number of rotatable bonds is 2. The lowest BCUT2D eigenvalue weighted by atomic mass is 9.96. The Morgan fingerprint density at radius 3 is 1.43 bits per heavy atom. The van der Waals surface area contributed by atoms with Gasteiger partial charge in [0.05, 0.1) is 11.7 Å². The SMILES string of the molecule is c1ccc2c(c1)oc1cc(-c3ccc(-c4ccc5c(c4)oc4ccccc45)c4nsnc34)ccc12. The van der Waals surface area contributed by atoms with Crippen LogP contribution in [-0.4, -0.2) is 8.75 Å². The molecular weight excluding hydrogens is 452 g/mol. The number of nitrogens with zero attached hydrogens (tertiary/aromatic N) is 2. The Bertz CT molecular complexity index is 1930. The van der Waals surface area contributed by atoms with Gasteiger partial charge in [-0.3, -0.25) is 0 Å². The minimum absolute atomic E-state index is 0.874. The molecule has 0 bridgehead atoms. The van der Waals surface area contributed by atoms with E-state index in [-0.39, 0.29) is 0 Å². The second-order valence-corrected chi connectivity index (χ2v) is 9.27. The molecule has 35 heavy (non-hydrogen) atoms. The molecule has 5 aromatic carbocycles. The number of furan rings is 2. The third-order valence-corrected chi connectivity index (χ3v) is 7.32. The lowest BCUT2D eigenvalue weighted by molar-refractivity contribution is 0.668. The number of hydrogen-bond acceptors (Lipinski definition) is 5. The van der Waals surface area contributed by atoms with Crippen LogP contribution < -0.4 is 0 Å². The molecule has 0 aliphatic heterocycles. The van der Waals surface area contributed by atoms with E-state index in [1.807, 2.05) is 36.4 Å². The summed E-state index contributed by atoms with van der Waals surface area (Å²) < 4.78 is 21.6. The Kier molecular flexibility index (Phi) is 3.78. The molecule has 3 aromatic heterocycles. The molecule has 0 aliphatic carbocycles. The molecule has 0 amide bonds. The molecule has 0 aliphatic rings. The molecule has 0 unspecified atom stereocenters. The van der Waals surface area contributed by atoms with Crippen molar-refractivity contribution in [3.05, 3.63) is 97.1 Å². The monoisotopic (exact) mass is 468 g/mol. The molecule has 0 N–H and O–H groups in total. The molecule has 5 heteroatoms. The fraction of sp³-hybridized carbons (Fsp3) is 0. The molecule has 0 saturated heterocycles. The van der Waals surface area contributed by atoms with Crippen molar-refractivity contribution in [3.63, 3.8) is 0 Å². The van der Waals surface area contributed by atoms with Crippen LogP contribution in [0, 0.1) is 0 Å². The summed E-state index contributed by atoms with van der Waals surface area (Å²) in [5.41, 5.74) is 9.56. The van der Waals surface area contributed by atoms with Crippen molar-refractivity contribution < 1.29 is 8.83 Å². The summed E-state index contributed by atoms with van der Waals surface area (Å²) in [6.45, 7) is 0. The van der Waals surface area contributed by atoms with Crippen LogP contribution in [0.1, 0.15) is 0 Å². The number of aromatic nitrogens is 2. The molecular formula is C30H16N2O2S. The molecule has 4 nitrogen and oxygen atoms in total. The summed E-state index contributed by atoms with van der Waals surface area (Å²) in [5, 5.41) is 4.50. The van der Waals surface area contributed by atoms with Gasteiger partial charge in [-0.05, 0) is 47.5 Å². The Morgan fingerprint density at radius 1 is 0.457 bits per heavy atom. The number of benzene rings is 5. The smallest absolute Gasteiger partial charge is 0.136 e. The predicted octanol–water partition coefficient (Wildman–Crippen LogP) is 8.82. The van der Waals surface area contributed by atoms with Crippen LogP contribution in [0.3, 0.4) is 0 Å². The normalized spacial score (nSPS) is 12.0. The first kappa shape index (κ1) is 18.9. The lowest BCUT2D eigenvalue weighted by Crippen LogP contribution is -1.86. The van der Waals surface area contributed by atoms with Crippen LogP contribution in [0.4, 0.5) is 0 Å². The first-order valence-electron chi connectivity index (χ1n) is 11.4. The summed E-state index contributed by atoms with van der Waals surface area (Å²) in [6.07, 6.45) is 0. The molecule has 0 atom stereocenters. The molecule has 8 aromatic rings. The average molecular weight is 469 g/mol. The number of fused-ring (bicyclic) bond motifs is 7. The highest BCUT2D eigenvalue weighted by atomic mass is 32.1. The minimum Gasteiger partial charge on any atom is -0.456 e. The lowest BCUT2D eigenvalue weighted by Gasteiger charge is -2.07. The summed E-state index contributed by atoms with van der Waals surface area (Å²) in [4.78, 5) is 0. The van der Waals surface area contributed by atoms with E-state index in [0.29, 0.717) is 0 Å². The maximum atomic E-state index is 6.12. The zero-order valence-electron chi connectivity index (χ0n) is 18.4. The maximum absolute atomic E-state index is 6.12. The van der Waals surface area contributed by atoms with E-state index < -0.39 is 0 Å². The van der Waals surface area contributed by atoms with E-state index in [1.54, 1.807) is 0 Å². The fourth-order valence-electron chi connectivity index (χ4n) is 5.12. The Labute approximate surface area is 203 Å². The van der Waals surface area contributed by atoms with Gasteiger partial charge in [-0.15, -0.1) is 0 Å². The molecule has 0 spiro atoms. The van der Waals surface area contributed by atoms with Crippen molar-refractivity contribution in [1.82, 2.24) is 8.75 Å². The zero-order chi connectivity index (χ0) is 22.9. The second-order valence-electron chi connectivity index (χ2n) is 8.74. The summed E-state index contributed by atoms with van der Waals surface area (Å²) in [7, 11) is 0. The van der Waals surface area contributed by atoms with Gasteiger partial charge in [0.2, 0.25) is 0 Å². The standard InChI is InChI=1S/C30H16N2O2S/c1-3-7-25-21(5-1)23-11-9-17(15-27(23)33-25)19-13-14-20(30-29(19)31-35-32-30)18-10-12-24-22-6-2-4-8-26(22)34-28(24)16-18/h1-16H. The van der Waals surface area contributed by atoms with Crippen molar-refractivity contribution >= 4 is 66.6 Å². The quantitative estimate of drug-likeness (QED) is 0.254. The van der Waals surface area contributed by atoms with Gasteiger partial charge in [0, 0.05) is 32.7 Å². The molecule has 8 rings (SSSR count). The van der Waals surface area contributed by atoms with Crippen molar-refractivity contribution in [2.45, 2.75) is 0 Å². The van der Waals surface area contributed by atoms with Gasteiger partial charge in [0.15, 0.2) is 0 Å². The van der Waals surface area contributed by atoms with Crippen LogP contribution in [0.15, 0.2) is 106 Å². The van der Waals surface area contributed by atoms with Crippen LogP contribution in [0.25, 0.3) is 77.2 Å². The largest absolute Gasteiger partial charge is 0.456 e. The summed E-state index contributed by atoms with van der Waals surface area (Å²) in [6, 6.07) is 33.3. The van der Waals surface area contributed by atoms with Crippen molar-refractivity contribution in [2.75, 3.05) is 0 Å². The predicted molar refractivity (Wildman–Crippen MR) is 143 cm³/mol. The molecule has 0 saturated carbocycles. The van der Waals surface area contributed by atoms with Gasteiger partial charge < -0.3 is 8.83 Å². The Hall–Kier alpha value is -4.48. The summed E-state index contributed by atoms with van der Waals surface area (Å²) >= 11 is 1.24. The van der Waals surface area contributed by atoms with Crippen molar-refractivity contribution in [2.24, 2.45) is 0 Å². The molecule has 0 radical (unpaired) electrons. The van der Waals surface area contributed by atoms with Gasteiger partial charge in [0.1, 0.15) is 33.4 Å². The third-order valence-electron chi connectivity index (χ3n) is 6.79. The highest BCUT2D eigenvalue weighted by molar-refractivity contribution is 7.00. The third kappa shape index (κ3) is 2.73. The van der Waals surface area contributed by atoms with Gasteiger partial charge >= 0.3 is 0 Å². The fourth-order valence-corrected chi connectivity index (χ4v) is 5.69. The van der Waals surface area contributed by atoms with E-state index in [4.69, 9.17) is 8.83 Å². The van der Waals surface area contributed by atoms with Gasteiger partial charge in [-0.2, -0.15) is 8.75 Å². The van der Waals surface area contributed by atoms with Crippen LogP contribution in [0.2, 0.25) is 0 Å². The van der Waals surface area contributed by atoms with Crippen LogP contribution in [0.5, 0.6) is 0 Å². The Morgan fingerprint density at radius 2 is 0.914 bits per heavy atom. The second kappa shape index (κ2) is 7.01. The topological polar surface area (TPSA) is 52.1 Å². The average Bonchev–Trinajstić information content (AvgIpc) is 3.62. The van der Waals surface area contributed by atoms with E-state index in [2.05, 4.69) is 69.4 Å². The maximum Gasteiger partial charge on any atom is 0.136 e. The number of hydrogen-bond donors (Lipinski definition) is 0. The van der Waals surface area contributed by atoms with Crippen LogP contribution >= 0.6 is 11.7 Å². The summed E-state index contributed by atoms with van der Waals surface area (Å²) in [5.74, 6) is 0. The van der Waals surface area contributed by atoms with E-state index in [1.165, 1.54) is 11.7 Å². The molecule has 164 valence electrons. The van der Waals surface area contributed by atoms with Crippen molar-refractivity contribution in [1.29, 1.82) is 0 Å². The highest BCUT2D eigenvalue weighted by Crippen LogP contribution is 2.39. The molecule has 3 heterocycles. The van der Waals surface area contributed by atoms with E-state index in [0.717, 1.165) is 77.2 Å². The van der Waals surface area contributed by atoms with Crippen LogP contribution in [-0.2, 0) is 0 Å². The minimum atomic E-state index is 0.874. The van der Waals surface area contributed by atoms with Gasteiger partial charge in [0.25, 0.3) is 0 Å².